The van der Waals surface area contributed by atoms with Crippen LogP contribution in [-0.4, -0.2) is 19.5 Å². The van der Waals surface area contributed by atoms with Crippen molar-refractivity contribution in [2.24, 2.45) is 5.92 Å². The van der Waals surface area contributed by atoms with Crippen molar-refractivity contribution in [2.75, 3.05) is 13.2 Å². The van der Waals surface area contributed by atoms with Crippen molar-refractivity contribution in [3.8, 4) is 0 Å². The molecule has 1 heterocycles. The molecule has 0 N–H and O–H groups in total. The summed E-state index contributed by atoms with van der Waals surface area (Å²) in [5.74, 6) is 0.762. The Morgan fingerprint density at radius 3 is 2.73 bits per heavy atom. The maximum Gasteiger partial charge on any atom is 0.157 e. The third kappa shape index (κ3) is 3.96. The van der Waals surface area contributed by atoms with E-state index in [2.05, 4.69) is 12.2 Å². The summed E-state index contributed by atoms with van der Waals surface area (Å²) in [6.45, 7) is 1.57. The molecular formula is C13H22O2. The predicted molar refractivity (Wildman–Crippen MR) is 60.6 cm³/mol. The molecule has 0 bridgehead atoms. The zero-order valence-corrected chi connectivity index (χ0v) is 9.49. The molecule has 2 nitrogen and oxygen atoms in total. The molecule has 0 aromatic heterocycles. The van der Waals surface area contributed by atoms with Crippen molar-refractivity contribution in [2.45, 2.75) is 51.2 Å². The molecule has 2 heteroatoms. The maximum absolute atomic E-state index is 5.45. The van der Waals surface area contributed by atoms with Crippen LogP contribution in [0.3, 0.4) is 0 Å². The van der Waals surface area contributed by atoms with E-state index >= 15 is 0 Å². The fraction of sp³-hybridized carbons (Fsp3) is 0.846. The summed E-state index contributed by atoms with van der Waals surface area (Å²) in [5, 5.41) is 0. The van der Waals surface area contributed by atoms with Gasteiger partial charge in [-0.05, 0) is 38.0 Å². The first-order valence-electron chi connectivity index (χ1n) is 6.35. The van der Waals surface area contributed by atoms with Crippen LogP contribution in [0, 0.1) is 5.92 Å². The Morgan fingerprint density at radius 2 is 1.87 bits per heavy atom. The van der Waals surface area contributed by atoms with Gasteiger partial charge >= 0.3 is 0 Å². The summed E-state index contributed by atoms with van der Waals surface area (Å²) in [4.78, 5) is 0. The van der Waals surface area contributed by atoms with Crippen molar-refractivity contribution < 1.29 is 9.47 Å². The van der Waals surface area contributed by atoms with Crippen LogP contribution in [0.4, 0.5) is 0 Å². The smallest absolute Gasteiger partial charge is 0.157 e. The van der Waals surface area contributed by atoms with Gasteiger partial charge in [0.15, 0.2) is 6.29 Å². The van der Waals surface area contributed by atoms with Crippen LogP contribution < -0.4 is 0 Å². The second kappa shape index (κ2) is 6.29. The highest BCUT2D eigenvalue weighted by Crippen LogP contribution is 2.23. The molecule has 0 amide bonds. The molecule has 1 fully saturated rings. The minimum absolute atomic E-state index is 0.0869. The lowest BCUT2D eigenvalue weighted by Crippen LogP contribution is -2.10. The molecule has 0 aromatic carbocycles. The minimum Gasteiger partial charge on any atom is -0.350 e. The maximum atomic E-state index is 5.45. The highest BCUT2D eigenvalue weighted by atomic mass is 16.7. The SMILES string of the molecule is C1=C\C(CCC2OCCO2)CCCCC/1. The van der Waals surface area contributed by atoms with Crippen LogP contribution >= 0.6 is 0 Å². The molecule has 0 spiro atoms. The van der Waals surface area contributed by atoms with E-state index in [-0.39, 0.29) is 6.29 Å². The molecule has 2 rings (SSSR count). The Hall–Kier alpha value is -0.340. The zero-order chi connectivity index (χ0) is 10.3. The molecule has 1 atom stereocenters. The first-order chi connectivity index (χ1) is 7.45. The number of hydrogen-bond acceptors (Lipinski definition) is 2. The third-order valence-electron chi connectivity index (χ3n) is 3.32. The molecular weight excluding hydrogens is 188 g/mol. The average Bonchev–Trinajstić information content (AvgIpc) is 2.68. The summed E-state index contributed by atoms with van der Waals surface area (Å²) in [5.41, 5.74) is 0. The zero-order valence-electron chi connectivity index (χ0n) is 9.49. The van der Waals surface area contributed by atoms with Crippen LogP contribution in [0.2, 0.25) is 0 Å². The Bertz CT molecular complexity index is 195. The number of rotatable bonds is 3. The lowest BCUT2D eigenvalue weighted by Gasteiger charge is -2.16. The van der Waals surface area contributed by atoms with E-state index in [1.54, 1.807) is 0 Å². The number of hydrogen-bond donors (Lipinski definition) is 0. The van der Waals surface area contributed by atoms with E-state index in [4.69, 9.17) is 9.47 Å². The van der Waals surface area contributed by atoms with Crippen LogP contribution in [0.15, 0.2) is 12.2 Å². The predicted octanol–water partition coefficient (Wildman–Crippen LogP) is 3.28. The van der Waals surface area contributed by atoms with E-state index in [9.17, 15) is 0 Å². The number of ether oxygens (including phenoxy) is 2. The van der Waals surface area contributed by atoms with Gasteiger partial charge in [-0.15, -0.1) is 0 Å². The average molecular weight is 210 g/mol. The molecule has 1 aliphatic heterocycles. The molecule has 0 saturated carbocycles. The van der Waals surface area contributed by atoms with Crippen LogP contribution in [-0.2, 0) is 9.47 Å². The molecule has 86 valence electrons. The number of allylic oxidation sites excluding steroid dienone is 2. The van der Waals surface area contributed by atoms with E-state index in [0.29, 0.717) is 0 Å². The van der Waals surface area contributed by atoms with Gasteiger partial charge in [0.25, 0.3) is 0 Å². The second-order valence-electron chi connectivity index (χ2n) is 4.57. The molecule has 1 unspecified atom stereocenters. The fourth-order valence-corrected chi connectivity index (χ4v) is 2.40. The van der Waals surface area contributed by atoms with E-state index in [1.807, 2.05) is 0 Å². The summed E-state index contributed by atoms with van der Waals surface area (Å²) in [6.07, 6.45) is 13.9. The van der Waals surface area contributed by atoms with Crippen LogP contribution in [0.1, 0.15) is 44.9 Å². The molecule has 2 aliphatic rings. The van der Waals surface area contributed by atoms with Gasteiger partial charge in [0.2, 0.25) is 0 Å². The Labute approximate surface area is 92.6 Å². The third-order valence-corrected chi connectivity index (χ3v) is 3.32. The van der Waals surface area contributed by atoms with Crippen molar-refractivity contribution in [1.82, 2.24) is 0 Å². The highest BCUT2D eigenvalue weighted by Gasteiger charge is 2.17. The van der Waals surface area contributed by atoms with Gasteiger partial charge in [0.05, 0.1) is 13.2 Å². The van der Waals surface area contributed by atoms with Crippen molar-refractivity contribution >= 4 is 0 Å². The van der Waals surface area contributed by atoms with Gasteiger partial charge in [0, 0.05) is 0 Å². The first-order valence-corrected chi connectivity index (χ1v) is 6.35. The summed E-state index contributed by atoms with van der Waals surface area (Å²) >= 11 is 0. The summed E-state index contributed by atoms with van der Waals surface area (Å²) in [6, 6.07) is 0. The normalized spacial score (nSPS) is 31.1. The Kier molecular flexibility index (Phi) is 4.68. The van der Waals surface area contributed by atoms with Gasteiger partial charge in [-0.1, -0.05) is 25.0 Å². The van der Waals surface area contributed by atoms with Gasteiger partial charge in [0.1, 0.15) is 0 Å². The van der Waals surface area contributed by atoms with Gasteiger partial charge in [-0.25, -0.2) is 0 Å². The second-order valence-corrected chi connectivity index (χ2v) is 4.57. The molecule has 1 aliphatic carbocycles. The van der Waals surface area contributed by atoms with Gasteiger partial charge in [-0.2, -0.15) is 0 Å². The van der Waals surface area contributed by atoms with Crippen molar-refractivity contribution in [3.63, 3.8) is 0 Å². The van der Waals surface area contributed by atoms with Crippen LogP contribution in [0.5, 0.6) is 0 Å². The summed E-state index contributed by atoms with van der Waals surface area (Å²) in [7, 11) is 0. The van der Waals surface area contributed by atoms with Crippen molar-refractivity contribution in [3.05, 3.63) is 12.2 Å². The molecule has 0 radical (unpaired) electrons. The topological polar surface area (TPSA) is 18.5 Å². The Balaban J connectivity index is 1.69. The van der Waals surface area contributed by atoms with Gasteiger partial charge < -0.3 is 9.47 Å². The molecule has 0 aromatic rings. The lowest BCUT2D eigenvalue weighted by atomic mass is 9.93. The fourth-order valence-electron chi connectivity index (χ4n) is 2.40. The van der Waals surface area contributed by atoms with E-state index in [0.717, 1.165) is 25.6 Å². The largest absolute Gasteiger partial charge is 0.350 e. The monoisotopic (exact) mass is 210 g/mol. The quantitative estimate of drug-likeness (QED) is 0.666. The van der Waals surface area contributed by atoms with Gasteiger partial charge in [-0.3, -0.25) is 0 Å². The molecule has 1 saturated heterocycles. The Morgan fingerprint density at radius 1 is 1.00 bits per heavy atom. The molecule has 15 heavy (non-hydrogen) atoms. The van der Waals surface area contributed by atoms with E-state index < -0.39 is 0 Å². The van der Waals surface area contributed by atoms with E-state index in [1.165, 1.54) is 38.5 Å². The first kappa shape index (κ1) is 11.2. The van der Waals surface area contributed by atoms with Crippen molar-refractivity contribution in [1.29, 1.82) is 0 Å². The lowest BCUT2D eigenvalue weighted by molar-refractivity contribution is -0.0494. The highest BCUT2D eigenvalue weighted by molar-refractivity contribution is 4.90. The minimum atomic E-state index is 0.0869. The standard InChI is InChI=1S/C13H22O2/c1-2-4-6-12(7-5-3-1)8-9-13-14-10-11-15-13/h4,6,12-13H,1-3,5,7-11H2/b6-4-. The summed E-state index contributed by atoms with van der Waals surface area (Å²) < 4.78 is 10.9. The van der Waals surface area contributed by atoms with Crippen LogP contribution in [0.25, 0.3) is 0 Å².